The second-order valence-electron chi connectivity index (χ2n) is 6.66. The molecule has 2 aliphatic rings. The molecule has 0 amide bonds. The van der Waals surface area contributed by atoms with Crippen LogP contribution in [-0.2, 0) is 20.8 Å². The van der Waals surface area contributed by atoms with Gasteiger partial charge in [-0.05, 0) is 44.2 Å². The number of allylic oxidation sites excluding steroid dienone is 1. The predicted molar refractivity (Wildman–Crippen MR) is 91.1 cm³/mol. The van der Waals surface area contributed by atoms with Crippen molar-refractivity contribution >= 4 is 0 Å². The van der Waals surface area contributed by atoms with Gasteiger partial charge in [-0.2, -0.15) is 0 Å². The fourth-order valence-corrected chi connectivity index (χ4v) is 3.27. The highest BCUT2D eigenvalue weighted by molar-refractivity contribution is 5.30. The summed E-state index contributed by atoms with van der Waals surface area (Å²) in [6.45, 7) is 7.60. The van der Waals surface area contributed by atoms with Crippen LogP contribution in [0.4, 0.5) is 0 Å². The molecule has 3 unspecified atom stereocenters. The lowest BCUT2D eigenvalue weighted by molar-refractivity contribution is -0.310. The highest BCUT2D eigenvalue weighted by atomic mass is 16.7. The summed E-state index contributed by atoms with van der Waals surface area (Å²) >= 11 is 0. The molecule has 0 aromatic heterocycles. The van der Waals surface area contributed by atoms with E-state index in [4.69, 9.17) is 14.2 Å². The van der Waals surface area contributed by atoms with Crippen LogP contribution in [0.2, 0.25) is 0 Å². The van der Waals surface area contributed by atoms with E-state index >= 15 is 0 Å². The minimum absolute atomic E-state index is 0.0733. The van der Waals surface area contributed by atoms with E-state index in [2.05, 4.69) is 32.9 Å². The van der Waals surface area contributed by atoms with Crippen LogP contribution in [0, 0.1) is 0 Å². The van der Waals surface area contributed by atoms with Crippen LogP contribution in [0.3, 0.4) is 0 Å². The Balaban J connectivity index is 1.78. The van der Waals surface area contributed by atoms with E-state index in [1.807, 2.05) is 18.2 Å². The van der Waals surface area contributed by atoms with Gasteiger partial charge in [0, 0.05) is 13.0 Å². The van der Waals surface area contributed by atoms with E-state index in [0.29, 0.717) is 13.2 Å². The molecule has 2 fully saturated rings. The van der Waals surface area contributed by atoms with Crippen LogP contribution in [0.15, 0.2) is 41.5 Å². The molecule has 3 rings (SSSR count). The molecule has 1 saturated heterocycles. The van der Waals surface area contributed by atoms with Gasteiger partial charge in [-0.15, -0.1) is 0 Å². The Labute approximate surface area is 139 Å². The fourth-order valence-electron chi connectivity index (χ4n) is 3.27. The average Bonchev–Trinajstić information content (AvgIpc) is 3.39. The molecule has 1 aliphatic heterocycles. The van der Waals surface area contributed by atoms with E-state index in [0.717, 1.165) is 12.8 Å². The molecule has 126 valence electrons. The second-order valence-corrected chi connectivity index (χ2v) is 6.66. The molecular formula is C20H28O3. The maximum Gasteiger partial charge on any atom is 0.198 e. The minimum atomic E-state index is -0.663. The zero-order chi connectivity index (χ0) is 16.3. The molecule has 0 bridgehead atoms. The minimum Gasteiger partial charge on any atom is -0.366 e. The van der Waals surface area contributed by atoms with Crippen molar-refractivity contribution in [3.63, 3.8) is 0 Å². The van der Waals surface area contributed by atoms with Crippen LogP contribution < -0.4 is 0 Å². The van der Waals surface area contributed by atoms with Gasteiger partial charge in [-0.3, -0.25) is 0 Å². The molecular weight excluding hydrogens is 288 g/mol. The van der Waals surface area contributed by atoms with E-state index < -0.39 is 5.79 Å². The summed E-state index contributed by atoms with van der Waals surface area (Å²) in [6, 6.07) is 10.3. The van der Waals surface area contributed by atoms with Crippen molar-refractivity contribution in [1.82, 2.24) is 0 Å². The fraction of sp³-hybridized carbons (Fsp3) is 0.600. The molecule has 3 heteroatoms. The van der Waals surface area contributed by atoms with Gasteiger partial charge in [0.15, 0.2) is 5.79 Å². The van der Waals surface area contributed by atoms with Crippen molar-refractivity contribution in [2.24, 2.45) is 0 Å². The van der Waals surface area contributed by atoms with Crippen LogP contribution in [-0.4, -0.2) is 24.6 Å². The molecule has 23 heavy (non-hydrogen) atoms. The van der Waals surface area contributed by atoms with Crippen LogP contribution in [0.5, 0.6) is 0 Å². The second kappa shape index (κ2) is 7.16. The third-order valence-corrected chi connectivity index (χ3v) is 4.79. The molecule has 1 saturated carbocycles. The van der Waals surface area contributed by atoms with Crippen LogP contribution in [0.25, 0.3) is 0 Å². The van der Waals surface area contributed by atoms with Gasteiger partial charge in [0.2, 0.25) is 0 Å². The van der Waals surface area contributed by atoms with Gasteiger partial charge in [-0.1, -0.05) is 42.8 Å². The van der Waals surface area contributed by atoms with Gasteiger partial charge < -0.3 is 14.2 Å². The molecule has 1 heterocycles. The van der Waals surface area contributed by atoms with Gasteiger partial charge in [0.25, 0.3) is 0 Å². The molecule has 0 spiro atoms. The first-order valence-corrected chi connectivity index (χ1v) is 8.82. The average molecular weight is 316 g/mol. The zero-order valence-corrected chi connectivity index (χ0v) is 14.5. The number of rotatable bonds is 6. The number of ether oxygens (including phenoxy) is 3. The summed E-state index contributed by atoms with van der Waals surface area (Å²) in [4.78, 5) is 0. The SMILES string of the molecule is CCCOC1(OCc2ccccc2)CC(=C2CC2)C(C)OC1C. The quantitative estimate of drug-likeness (QED) is 0.566. The Kier molecular flexibility index (Phi) is 5.20. The molecule has 0 radical (unpaired) electrons. The summed E-state index contributed by atoms with van der Waals surface area (Å²) in [5, 5.41) is 0. The first-order chi connectivity index (χ1) is 11.1. The highest BCUT2D eigenvalue weighted by Crippen LogP contribution is 2.44. The monoisotopic (exact) mass is 316 g/mol. The van der Waals surface area contributed by atoms with E-state index in [1.165, 1.54) is 29.6 Å². The summed E-state index contributed by atoms with van der Waals surface area (Å²) in [7, 11) is 0. The van der Waals surface area contributed by atoms with Gasteiger partial charge in [-0.25, -0.2) is 0 Å². The standard InChI is InChI=1S/C20H28O3/c1-4-12-21-20(22-14-17-8-6-5-7-9-17)13-19(18-10-11-18)15(2)23-16(20)3/h5-9,15-16H,4,10-14H2,1-3H3. The topological polar surface area (TPSA) is 27.7 Å². The summed E-state index contributed by atoms with van der Waals surface area (Å²) in [5.74, 6) is -0.663. The zero-order valence-electron chi connectivity index (χ0n) is 14.5. The lowest BCUT2D eigenvalue weighted by Gasteiger charge is -2.45. The maximum atomic E-state index is 6.35. The lowest BCUT2D eigenvalue weighted by atomic mass is 9.92. The first-order valence-electron chi connectivity index (χ1n) is 8.82. The van der Waals surface area contributed by atoms with Crippen molar-refractivity contribution in [2.45, 2.75) is 71.1 Å². The Morgan fingerprint density at radius 3 is 2.52 bits per heavy atom. The highest BCUT2D eigenvalue weighted by Gasteiger charge is 2.47. The van der Waals surface area contributed by atoms with E-state index in [9.17, 15) is 0 Å². The number of benzene rings is 1. The van der Waals surface area contributed by atoms with Crippen LogP contribution in [0.1, 0.15) is 52.0 Å². The Morgan fingerprint density at radius 2 is 1.87 bits per heavy atom. The van der Waals surface area contributed by atoms with Gasteiger partial charge in [0.1, 0.15) is 6.10 Å². The van der Waals surface area contributed by atoms with Gasteiger partial charge >= 0.3 is 0 Å². The smallest absolute Gasteiger partial charge is 0.198 e. The number of hydrogen-bond acceptors (Lipinski definition) is 3. The molecule has 1 aromatic rings. The summed E-state index contributed by atoms with van der Waals surface area (Å²) < 4.78 is 18.8. The van der Waals surface area contributed by atoms with Crippen molar-refractivity contribution < 1.29 is 14.2 Å². The van der Waals surface area contributed by atoms with Crippen molar-refractivity contribution in [3.05, 3.63) is 47.0 Å². The summed E-state index contributed by atoms with van der Waals surface area (Å²) in [5.41, 5.74) is 4.10. The third kappa shape index (κ3) is 3.85. The Bertz CT molecular complexity index is 545. The van der Waals surface area contributed by atoms with Crippen molar-refractivity contribution in [3.8, 4) is 0 Å². The van der Waals surface area contributed by atoms with Crippen molar-refractivity contribution in [2.75, 3.05) is 6.61 Å². The molecule has 1 aromatic carbocycles. The Hall–Kier alpha value is -1.16. The lowest BCUT2D eigenvalue weighted by Crippen LogP contribution is -2.53. The predicted octanol–water partition coefficient (Wildman–Crippen LogP) is 4.61. The number of hydrogen-bond donors (Lipinski definition) is 0. The first kappa shape index (κ1) is 16.7. The van der Waals surface area contributed by atoms with E-state index in [1.54, 1.807) is 0 Å². The van der Waals surface area contributed by atoms with Gasteiger partial charge in [0.05, 0.1) is 12.7 Å². The van der Waals surface area contributed by atoms with Crippen molar-refractivity contribution in [1.29, 1.82) is 0 Å². The molecule has 3 atom stereocenters. The Morgan fingerprint density at radius 1 is 1.13 bits per heavy atom. The van der Waals surface area contributed by atoms with Crippen LogP contribution >= 0.6 is 0 Å². The molecule has 3 nitrogen and oxygen atoms in total. The maximum absolute atomic E-state index is 6.35. The van der Waals surface area contributed by atoms with E-state index in [-0.39, 0.29) is 12.2 Å². The molecule has 0 N–H and O–H groups in total. The summed E-state index contributed by atoms with van der Waals surface area (Å²) in [6.07, 6.45) is 4.33. The third-order valence-electron chi connectivity index (χ3n) is 4.79. The normalized spacial score (nSPS) is 30.6. The molecule has 1 aliphatic carbocycles. The largest absolute Gasteiger partial charge is 0.366 e.